The van der Waals surface area contributed by atoms with Crippen LogP contribution < -0.4 is 5.01 Å². The van der Waals surface area contributed by atoms with Gasteiger partial charge in [0, 0.05) is 28.1 Å². The number of benzene rings is 2. The number of carboxylic acids is 1. The van der Waals surface area contributed by atoms with Crippen molar-refractivity contribution in [1.29, 1.82) is 0 Å². The third-order valence-electron chi connectivity index (χ3n) is 3.83. The van der Waals surface area contributed by atoms with Gasteiger partial charge < -0.3 is 5.11 Å². The van der Waals surface area contributed by atoms with Crippen molar-refractivity contribution in [3.8, 4) is 11.3 Å². The Morgan fingerprint density at radius 1 is 1.26 bits per heavy atom. The number of nitrogens with zero attached hydrogens (tertiary/aromatic N) is 3. The number of hydrogen-bond acceptors (Lipinski definition) is 5. The number of aromatic nitrogens is 1. The average Bonchev–Trinajstić information content (AvgIpc) is 3.15. The molecule has 0 saturated heterocycles. The third-order valence-corrected chi connectivity index (χ3v) is 5.01. The number of anilines is 1. The predicted octanol–water partition coefficient (Wildman–Crippen LogP) is 5.41. The molecule has 0 radical (unpaired) electrons. The van der Waals surface area contributed by atoms with Gasteiger partial charge >= 0.3 is 5.97 Å². The Morgan fingerprint density at radius 3 is 2.74 bits per heavy atom. The number of carboxylic acid groups (broad SMARTS) is 1. The fraction of sp³-hybridized carbons (Fsp3) is 0.150. The summed E-state index contributed by atoms with van der Waals surface area (Å²) in [4.78, 5) is 16.0. The number of rotatable bonds is 7. The van der Waals surface area contributed by atoms with Gasteiger partial charge in [-0.1, -0.05) is 54.9 Å². The second-order valence-corrected chi connectivity index (χ2v) is 7.00. The van der Waals surface area contributed by atoms with E-state index in [0.717, 1.165) is 22.8 Å². The summed E-state index contributed by atoms with van der Waals surface area (Å²) in [5.41, 5.74) is 2.43. The summed E-state index contributed by atoms with van der Waals surface area (Å²) in [6.45, 7) is 2.72. The number of carbonyl (C=O) groups is 1. The summed E-state index contributed by atoms with van der Waals surface area (Å²) in [6.07, 6.45) is 2.44. The van der Waals surface area contributed by atoms with E-state index in [1.165, 1.54) is 11.3 Å². The van der Waals surface area contributed by atoms with Gasteiger partial charge in [-0.2, -0.15) is 5.10 Å². The number of hydrogen-bond donors (Lipinski definition) is 1. The molecule has 7 heteroatoms. The molecule has 3 rings (SSSR count). The van der Waals surface area contributed by atoms with Crippen molar-refractivity contribution in [1.82, 2.24) is 4.98 Å². The zero-order valence-electron chi connectivity index (χ0n) is 14.7. The standard InChI is InChI=1S/C20H18ClN3O2S/c1-2-11-24(22-12-14-7-3-4-8-15(14)19(25)26)20-23-18(13-27-20)16-9-5-6-10-17(16)21/h3-10,12-13H,2,11H2,1H3,(H,25,26)/b22-12+. The van der Waals surface area contributed by atoms with Gasteiger partial charge in [0.2, 0.25) is 5.13 Å². The highest BCUT2D eigenvalue weighted by atomic mass is 35.5. The second kappa shape index (κ2) is 8.79. The van der Waals surface area contributed by atoms with Crippen molar-refractivity contribution >= 4 is 40.3 Å². The summed E-state index contributed by atoms with van der Waals surface area (Å²) in [5.74, 6) is -0.977. The molecular formula is C20H18ClN3O2S. The average molecular weight is 400 g/mol. The molecule has 0 aliphatic heterocycles. The maximum atomic E-state index is 11.4. The van der Waals surface area contributed by atoms with Crippen molar-refractivity contribution in [2.24, 2.45) is 5.10 Å². The molecule has 1 aromatic heterocycles. The first-order chi connectivity index (χ1) is 13.1. The smallest absolute Gasteiger partial charge is 0.336 e. The highest BCUT2D eigenvalue weighted by Crippen LogP contribution is 2.32. The topological polar surface area (TPSA) is 65.8 Å². The van der Waals surface area contributed by atoms with Gasteiger partial charge in [-0.15, -0.1) is 11.3 Å². The van der Waals surface area contributed by atoms with Crippen molar-refractivity contribution in [3.63, 3.8) is 0 Å². The monoisotopic (exact) mass is 399 g/mol. The van der Waals surface area contributed by atoms with E-state index in [4.69, 9.17) is 11.6 Å². The van der Waals surface area contributed by atoms with Crippen LogP contribution in [0.2, 0.25) is 5.02 Å². The molecule has 2 aromatic carbocycles. The van der Waals surface area contributed by atoms with Gasteiger partial charge in [0.05, 0.1) is 17.5 Å². The lowest BCUT2D eigenvalue weighted by molar-refractivity contribution is 0.0697. The number of hydrazone groups is 1. The van der Waals surface area contributed by atoms with Crippen molar-refractivity contribution < 1.29 is 9.90 Å². The minimum absolute atomic E-state index is 0.216. The van der Waals surface area contributed by atoms with E-state index in [2.05, 4.69) is 17.0 Å². The van der Waals surface area contributed by atoms with Crippen LogP contribution in [0.1, 0.15) is 29.3 Å². The first-order valence-corrected chi connectivity index (χ1v) is 9.70. The van der Waals surface area contributed by atoms with E-state index >= 15 is 0 Å². The van der Waals surface area contributed by atoms with Gasteiger partial charge in [-0.25, -0.2) is 14.8 Å². The van der Waals surface area contributed by atoms with Crippen LogP contribution in [0.4, 0.5) is 5.13 Å². The summed E-state index contributed by atoms with van der Waals surface area (Å²) in [6, 6.07) is 14.3. The first kappa shape index (κ1) is 19.1. The molecule has 0 fully saturated rings. The first-order valence-electron chi connectivity index (χ1n) is 8.44. The minimum Gasteiger partial charge on any atom is -0.478 e. The lowest BCUT2D eigenvalue weighted by atomic mass is 10.1. The van der Waals surface area contributed by atoms with Crippen LogP contribution in [0.3, 0.4) is 0 Å². The Bertz CT molecular complexity index is 971. The van der Waals surface area contributed by atoms with Crippen molar-refractivity contribution in [3.05, 3.63) is 70.1 Å². The molecule has 0 aliphatic carbocycles. The summed E-state index contributed by atoms with van der Waals surface area (Å²) in [7, 11) is 0. The van der Waals surface area contributed by atoms with E-state index < -0.39 is 5.97 Å². The zero-order valence-corrected chi connectivity index (χ0v) is 16.2. The van der Waals surface area contributed by atoms with Crippen LogP contribution in [0, 0.1) is 0 Å². The maximum absolute atomic E-state index is 11.4. The maximum Gasteiger partial charge on any atom is 0.336 e. The lowest BCUT2D eigenvalue weighted by Crippen LogP contribution is -2.17. The molecular weight excluding hydrogens is 382 g/mol. The molecule has 3 aromatic rings. The molecule has 0 aliphatic rings. The molecule has 0 amide bonds. The number of halogens is 1. The van der Waals surface area contributed by atoms with Gasteiger partial charge in [-0.3, -0.25) is 0 Å². The Labute approximate surface area is 166 Å². The third kappa shape index (κ3) is 4.53. The highest BCUT2D eigenvalue weighted by molar-refractivity contribution is 7.14. The number of thiazole rings is 1. The summed E-state index contributed by atoms with van der Waals surface area (Å²) in [5, 5.41) is 18.9. The quantitative estimate of drug-likeness (QED) is 0.426. The Balaban J connectivity index is 1.89. The molecule has 0 saturated carbocycles. The molecule has 1 heterocycles. The van der Waals surface area contributed by atoms with Crippen molar-refractivity contribution in [2.45, 2.75) is 13.3 Å². The summed E-state index contributed by atoms with van der Waals surface area (Å²) < 4.78 is 0. The SMILES string of the molecule is CCCN(/N=C/c1ccccc1C(=O)O)c1nc(-c2ccccc2Cl)cs1. The predicted molar refractivity (Wildman–Crippen MR) is 111 cm³/mol. The van der Waals surface area contributed by atoms with Crippen LogP contribution in [0.5, 0.6) is 0 Å². The van der Waals surface area contributed by atoms with Crippen molar-refractivity contribution in [2.75, 3.05) is 11.6 Å². The fourth-order valence-electron chi connectivity index (χ4n) is 2.53. The van der Waals surface area contributed by atoms with E-state index in [0.29, 0.717) is 17.1 Å². The minimum atomic E-state index is -0.977. The van der Waals surface area contributed by atoms with Crippen LogP contribution in [-0.2, 0) is 0 Å². The zero-order chi connectivity index (χ0) is 19.2. The molecule has 0 bridgehead atoms. The van der Waals surface area contributed by atoms with Crippen LogP contribution in [0.25, 0.3) is 11.3 Å². The largest absolute Gasteiger partial charge is 0.478 e. The summed E-state index contributed by atoms with van der Waals surface area (Å²) >= 11 is 7.74. The number of aromatic carboxylic acids is 1. The fourth-order valence-corrected chi connectivity index (χ4v) is 3.57. The molecule has 0 unspecified atom stereocenters. The molecule has 138 valence electrons. The van der Waals surface area contributed by atoms with E-state index in [1.807, 2.05) is 29.6 Å². The van der Waals surface area contributed by atoms with Gasteiger partial charge in [0.1, 0.15) is 0 Å². The van der Waals surface area contributed by atoms with Crippen LogP contribution in [-0.4, -0.2) is 28.8 Å². The highest BCUT2D eigenvalue weighted by Gasteiger charge is 2.13. The van der Waals surface area contributed by atoms with Crippen LogP contribution in [0.15, 0.2) is 59.0 Å². The second-order valence-electron chi connectivity index (χ2n) is 5.76. The van der Waals surface area contributed by atoms with E-state index in [9.17, 15) is 9.90 Å². The molecule has 0 spiro atoms. The molecule has 1 N–H and O–H groups in total. The Hall–Kier alpha value is -2.70. The Kier molecular flexibility index (Phi) is 6.21. The van der Waals surface area contributed by atoms with Gasteiger partial charge in [0.15, 0.2) is 0 Å². The molecule has 0 atom stereocenters. The lowest BCUT2D eigenvalue weighted by Gasteiger charge is -2.14. The van der Waals surface area contributed by atoms with Gasteiger partial charge in [0.25, 0.3) is 0 Å². The van der Waals surface area contributed by atoms with Gasteiger partial charge in [-0.05, 0) is 18.6 Å². The van der Waals surface area contributed by atoms with E-state index in [-0.39, 0.29) is 5.56 Å². The normalized spacial score (nSPS) is 11.0. The molecule has 27 heavy (non-hydrogen) atoms. The Morgan fingerprint density at radius 2 is 2.00 bits per heavy atom. The molecule has 5 nitrogen and oxygen atoms in total. The van der Waals surface area contributed by atoms with Crippen LogP contribution >= 0.6 is 22.9 Å². The van der Waals surface area contributed by atoms with E-state index in [1.54, 1.807) is 35.5 Å².